The number of ether oxygens (including phenoxy) is 1. The second-order valence-corrected chi connectivity index (χ2v) is 7.32. The first-order valence-corrected chi connectivity index (χ1v) is 9.58. The number of hydrogen-bond donors (Lipinski definition) is 1. The smallest absolute Gasteiger partial charge is 0.328 e. The van der Waals surface area contributed by atoms with Gasteiger partial charge in [0.1, 0.15) is 18.0 Å². The molecular formula is C19H23N5O4. The number of amides is 1. The quantitative estimate of drug-likeness (QED) is 0.854. The third-order valence-electron chi connectivity index (χ3n) is 5.42. The SMILES string of the molecule is Cc1nnc2n1CC(C(=O)O)N(C(=O)c1ccnc(OC3CCCCC3)c1)C2. The van der Waals surface area contributed by atoms with E-state index in [0.29, 0.717) is 23.1 Å². The second-order valence-electron chi connectivity index (χ2n) is 7.32. The molecule has 0 bridgehead atoms. The molecule has 28 heavy (non-hydrogen) atoms. The zero-order chi connectivity index (χ0) is 19.7. The number of carbonyl (C=O) groups is 2. The van der Waals surface area contributed by atoms with Crippen molar-refractivity contribution in [1.82, 2.24) is 24.6 Å². The summed E-state index contributed by atoms with van der Waals surface area (Å²) in [6, 6.07) is 2.20. The number of aromatic nitrogens is 4. The number of fused-ring (bicyclic) bond motifs is 1. The minimum Gasteiger partial charge on any atom is -0.480 e. The fourth-order valence-electron chi connectivity index (χ4n) is 3.86. The molecule has 2 aromatic heterocycles. The number of carboxylic acid groups (broad SMARTS) is 1. The summed E-state index contributed by atoms with van der Waals surface area (Å²) in [5, 5.41) is 17.7. The van der Waals surface area contributed by atoms with Crippen LogP contribution in [0.5, 0.6) is 5.88 Å². The topological polar surface area (TPSA) is 110 Å². The van der Waals surface area contributed by atoms with Gasteiger partial charge in [-0.15, -0.1) is 10.2 Å². The summed E-state index contributed by atoms with van der Waals surface area (Å²) in [5.74, 6) is 0.187. The Hall–Kier alpha value is -2.97. The maximum atomic E-state index is 13.1. The number of aliphatic carboxylic acids is 1. The summed E-state index contributed by atoms with van der Waals surface area (Å²) in [5.41, 5.74) is 0.358. The zero-order valence-electron chi connectivity index (χ0n) is 15.7. The number of nitrogens with zero attached hydrogens (tertiary/aromatic N) is 5. The van der Waals surface area contributed by atoms with Crippen LogP contribution in [-0.4, -0.2) is 53.8 Å². The fourth-order valence-corrected chi connectivity index (χ4v) is 3.86. The van der Waals surface area contributed by atoms with Crippen LogP contribution in [0.3, 0.4) is 0 Å². The van der Waals surface area contributed by atoms with E-state index in [4.69, 9.17) is 4.74 Å². The molecule has 1 amide bonds. The highest BCUT2D eigenvalue weighted by Crippen LogP contribution is 2.24. The Morgan fingerprint density at radius 2 is 2.00 bits per heavy atom. The van der Waals surface area contributed by atoms with Crippen LogP contribution in [0.2, 0.25) is 0 Å². The van der Waals surface area contributed by atoms with Gasteiger partial charge >= 0.3 is 5.97 Å². The summed E-state index contributed by atoms with van der Waals surface area (Å²) < 4.78 is 7.69. The van der Waals surface area contributed by atoms with Gasteiger partial charge in [0, 0.05) is 17.8 Å². The normalized spacial score (nSPS) is 19.9. The molecule has 3 heterocycles. The molecule has 0 saturated heterocycles. The van der Waals surface area contributed by atoms with Gasteiger partial charge in [-0.2, -0.15) is 0 Å². The van der Waals surface area contributed by atoms with E-state index in [1.807, 2.05) is 0 Å². The van der Waals surface area contributed by atoms with Gasteiger partial charge in [0.15, 0.2) is 5.82 Å². The van der Waals surface area contributed by atoms with E-state index in [1.54, 1.807) is 23.6 Å². The molecule has 9 nitrogen and oxygen atoms in total. The number of carbonyl (C=O) groups excluding carboxylic acids is 1. The van der Waals surface area contributed by atoms with Crippen LogP contribution in [0.15, 0.2) is 18.3 Å². The molecule has 9 heteroatoms. The van der Waals surface area contributed by atoms with E-state index in [-0.39, 0.29) is 25.1 Å². The number of carboxylic acids is 1. The van der Waals surface area contributed by atoms with Crippen LogP contribution in [-0.2, 0) is 17.9 Å². The Kier molecular flexibility index (Phi) is 4.97. The van der Waals surface area contributed by atoms with Crippen molar-refractivity contribution in [2.24, 2.45) is 0 Å². The van der Waals surface area contributed by atoms with Crippen LogP contribution in [0, 0.1) is 6.92 Å². The van der Waals surface area contributed by atoms with Gasteiger partial charge in [0.25, 0.3) is 5.91 Å². The summed E-state index contributed by atoms with van der Waals surface area (Å²) in [6.45, 7) is 1.99. The summed E-state index contributed by atoms with van der Waals surface area (Å²) >= 11 is 0. The first-order valence-electron chi connectivity index (χ1n) is 9.58. The minimum atomic E-state index is -1.06. The summed E-state index contributed by atoms with van der Waals surface area (Å²) in [6.07, 6.45) is 7.12. The average Bonchev–Trinajstić information content (AvgIpc) is 3.07. The lowest BCUT2D eigenvalue weighted by Crippen LogP contribution is -2.50. The molecule has 1 N–H and O–H groups in total. The third kappa shape index (κ3) is 3.56. The van der Waals surface area contributed by atoms with E-state index in [2.05, 4.69) is 15.2 Å². The van der Waals surface area contributed by atoms with E-state index < -0.39 is 12.0 Å². The average molecular weight is 385 g/mol. The largest absolute Gasteiger partial charge is 0.480 e. The lowest BCUT2D eigenvalue weighted by atomic mass is 9.98. The molecule has 1 fully saturated rings. The first-order chi connectivity index (χ1) is 13.5. The molecule has 1 saturated carbocycles. The molecule has 1 aliphatic heterocycles. The Balaban J connectivity index is 1.56. The van der Waals surface area contributed by atoms with Crippen molar-refractivity contribution in [2.75, 3.05) is 0 Å². The van der Waals surface area contributed by atoms with Crippen molar-refractivity contribution in [1.29, 1.82) is 0 Å². The van der Waals surface area contributed by atoms with Crippen LogP contribution >= 0.6 is 0 Å². The number of aryl methyl sites for hydroxylation is 1. The highest BCUT2D eigenvalue weighted by atomic mass is 16.5. The first kappa shape index (κ1) is 18.4. The molecule has 0 aromatic carbocycles. The van der Waals surface area contributed by atoms with E-state index in [0.717, 1.165) is 25.7 Å². The van der Waals surface area contributed by atoms with Crippen molar-refractivity contribution >= 4 is 11.9 Å². The van der Waals surface area contributed by atoms with Gasteiger partial charge in [0.05, 0.1) is 13.1 Å². The van der Waals surface area contributed by atoms with Crippen LogP contribution in [0.25, 0.3) is 0 Å². The summed E-state index contributed by atoms with van der Waals surface area (Å²) in [7, 11) is 0. The molecule has 1 atom stereocenters. The van der Waals surface area contributed by atoms with Gasteiger partial charge in [-0.3, -0.25) is 4.79 Å². The van der Waals surface area contributed by atoms with Crippen LogP contribution < -0.4 is 4.74 Å². The highest BCUT2D eigenvalue weighted by Gasteiger charge is 2.37. The minimum absolute atomic E-state index is 0.0950. The third-order valence-corrected chi connectivity index (χ3v) is 5.42. The standard InChI is InChI=1S/C19H23N5O4/c1-12-21-22-16-11-24(15(19(26)27)10-23(12)16)18(25)13-7-8-20-17(9-13)28-14-5-3-2-4-6-14/h7-9,14-15H,2-6,10-11H2,1H3,(H,26,27). The molecular weight excluding hydrogens is 362 g/mol. The second kappa shape index (κ2) is 7.57. The van der Waals surface area contributed by atoms with E-state index >= 15 is 0 Å². The Labute approximate surface area is 162 Å². The van der Waals surface area contributed by atoms with Crippen molar-refractivity contribution in [3.05, 3.63) is 35.5 Å². The molecule has 2 aliphatic rings. The molecule has 0 radical (unpaired) electrons. The maximum Gasteiger partial charge on any atom is 0.328 e. The van der Waals surface area contributed by atoms with Crippen molar-refractivity contribution in [3.8, 4) is 5.88 Å². The maximum absolute atomic E-state index is 13.1. The highest BCUT2D eigenvalue weighted by molar-refractivity contribution is 5.96. The van der Waals surface area contributed by atoms with Crippen molar-refractivity contribution < 1.29 is 19.4 Å². The number of hydrogen-bond acceptors (Lipinski definition) is 6. The molecule has 1 unspecified atom stereocenters. The van der Waals surface area contributed by atoms with Crippen LogP contribution in [0.4, 0.5) is 0 Å². The molecule has 1 aliphatic carbocycles. The van der Waals surface area contributed by atoms with Crippen molar-refractivity contribution in [3.63, 3.8) is 0 Å². The predicted octanol–water partition coefficient (Wildman–Crippen LogP) is 1.80. The monoisotopic (exact) mass is 385 g/mol. The van der Waals surface area contributed by atoms with Crippen LogP contribution in [0.1, 0.15) is 54.1 Å². The van der Waals surface area contributed by atoms with Gasteiger partial charge < -0.3 is 19.3 Å². The van der Waals surface area contributed by atoms with Gasteiger partial charge in [-0.05, 0) is 38.7 Å². The van der Waals surface area contributed by atoms with Gasteiger partial charge in [-0.1, -0.05) is 6.42 Å². The lowest BCUT2D eigenvalue weighted by Gasteiger charge is -2.33. The van der Waals surface area contributed by atoms with E-state index in [9.17, 15) is 14.7 Å². The Bertz CT molecular complexity index is 890. The molecule has 0 spiro atoms. The fraction of sp³-hybridized carbons (Fsp3) is 0.526. The molecule has 148 valence electrons. The lowest BCUT2D eigenvalue weighted by molar-refractivity contribution is -0.143. The van der Waals surface area contributed by atoms with Gasteiger partial charge in [-0.25, -0.2) is 9.78 Å². The van der Waals surface area contributed by atoms with Gasteiger partial charge in [0.2, 0.25) is 5.88 Å². The van der Waals surface area contributed by atoms with E-state index in [1.165, 1.54) is 17.5 Å². The number of rotatable bonds is 4. The number of pyridine rings is 1. The van der Waals surface area contributed by atoms with Crippen molar-refractivity contribution in [2.45, 2.75) is 64.3 Å². The molecule has 4 rings (SSSR count). The molecule has 2 aromatic rings. The Morgan fingerprint density at radius 3 is 2.75 bits per heavy atom. The predicted molar refractivity (Wildman–Crippen MR) is 97.8 cm³/mol. The summed E-state index contributed by atoms with van der Waals surface area (Å²) in [4.78, 5) is 30.4. The zero-order valence-corrected chi connectivity index (χ0v) is 15.7. The Morgan fingerprint density at radius 1 is 1.21 bits per heavy atom.